The zero-order valence-electron chi connectivity index (χ0n) is 20.0. The van der Waals surface area contributed by atoms with Gasteiger partial charge in [0.2, 0.25) is 5.76 Å². The molecule has 3 aromatic carbocycles. The molecule has 4 aromatic rings. The molecule has 5 nitrogen and oxygen atoms in total. The molecule has 184 valence electrons. The van der Waals surface area contributed by atoms with E-state index in [0.29, 0.717) is 23.1 Å². The van der Waals surface area contributed by atoms with Crippen LogP contribution in [0.15, 0.2) is 82.0 Å². The molecule has 0 spiro atoms. The number of esters is 1. The van der Waals surface area contributed by atoms with Crippen LogP contribution in [0.1, 0.15) is 47.0 Å². The highest BCUT2D eigenvalue weighted by Gasteiger charge is 2.14. The van der Waals surface area contributed by atoms with Gasteiger partial charge in [0.05, 0.1) is 18.6 Å². The molecule has 0 N–H and O–H groups in total. The second-order valence-corrected chi connectivity index (χ2v) is 8.25. The number of carbonyl (C=O) groups is 1. The summed E-state index contributed by atoms with van der Waals surface area (Å²) in [5, 5.41) is 0.397. The Labute approximate surface area is 208 Å². The van der Waals surface area contributed by atoms with Gasteiger partial charge in [-0.25, -0.2) is 9.18 Å². The van der Waals surface area contributed by atoms with Crippen molar-refractivity contribution in [3.8, 4) is 5.75 Å². The Morgan fingerprint density at radius 1 is 0.972 bits per heavy atom. The van der Waals surface area contributed by atoms with Gasteiger partial charge in [-0.2, -0.15) is 0 Å². The topological polar surface area (TPSA) is 65.7 Å². The number of fused-ring (bicyclic) bond motifs is 1. The number of carbonyl (C=O) groups excluding carboxylic acids is 1. The number of para-hydroxylation sites is 1. The predicted molar refractivity (Wildman–Crippen MR) is 139 cm³/mol. The van der Waals surface area contributed by atoms with Gasteiger partial charge >= 0.3 is 5.97 Å². The van der Waals surface area contributed by atoms with Crippen LogP contribution in [0.25, 0.3) is 23.1 Å². The van der Waals surface area contributed by atoms with Gasteiger partial charge in [-0.3, -0.25) is 4.79 Å². The molecule has 0 amide bonds. The molecule has 36 heavy (non-hydrogen) atoms. The van der Waals surface area contributed by atoms with E-state index in [1.165, 1.54) is 12.1 Å². The van der Waals surface area contributed by atoms with E-state index in [1.54, 1.807) is 19.1 Å². The van der Waals surface area contributed by atoms with Crippen LogP contribution in [0.3, 0.4) is 0 Å². The maximum atomic E-state index is 13.0. The molecule has 0 atom stereocenters. The fourth-order valence-electron chi connectivity index (χ4n) is 3.77. The Hall–Kier alpha value is -4.19. The highest BCUT2D eigenvalue weighted by Crippen LogP contribution is 2.21. The van der Waals surface area contributed by atoms with Crippen LogP contribution < -0.4 is 10.2 Å². The molecule has 0 saturated heterocycles. The Morgan fingerprint density at radius 2 is 1.75 bits per heavy atom. The summed E-state index contributed by atoms with van der Waals surface area (Å²) in [7, 11) is 0. The number of unbranched alkanes of at least 4 members (excludes halogenated alkanes) is 1. The largest absolute Gasteiger partial charge is 0.494 e. The summed E-state index contributed by atoms with van der Waals surface area (Å²) >= 11 is 0. The molecule has 0 aliphatic carbocycles. The number of benzene rings is 3. The number of hydrogen-bond donors (Lipinski definition) is 0. The summed E-state index contributed by atoms with van der Waals surface area (Å²) in [5.41, 5.74) is 2.78. The van der Waals surface area contributed by atoms with Crippen molar-refractivity contribution in [2.75, 3.05) is 13.2 Å². The first-order valence-corrected chi connectivity index (χ1v) is 11.9. The Balaban J connectivity index is 1.36. The smallest absolute Gasteiger partial charge is 0.374 e. The van der Waals surface area contributed by atoms with Crippen LogP contribution >= 0.6 is 0 Å². The van der Waals surface area contributed by atoms with Crippen molar-refractivity contribution in [3.63, 3.8) is 0 Å². The van der Waals surface area contributed by atoms with Gasteiger partial charge in [-0.05, 0) is 67.6 Å². The van der Waals surface area contributed by atoms with Crippen molar-refractivity contribution in [1.29, 1.82) is 0 Å². The van der Waals surface area contributed by atoms with Crippen LogP contribution in [-0.2, 0) is 11.2 Å². The monoisotopic (exact) mass is 486 g/mol. The lowest BCUT2D eigenvalue weighted by molar-refractivity contribution is 0.0490. The fraction of sp³-hybridized carbons (Fsp3) is 0.200. The third kappa shape index (κ3) is 6.48. The third-order valence-corrected chi connectivity index (χ3v) is 5.64. The molecule has 0 unspecified atom stereocenters. The first kappa shape index (κ1) is 24.9. The number of ether oxygens (including phenoxy) is 2. The maximum Gasteiger partial charge on any atom is 0.374 e. The summed E-state index contributed by atoms with van der Waals surface area (Å²) < 4.78 is 29.5. The lowest BCUT2D eigenvalue weighted by atomic mass is 10.1. The standard InChI is InChI=1S/C30H27FO5/c1-2-34-30(33)28-20-27(32)26-8-5-7-23(29(26)36-28)14-9-22-12-17-25(18-13-22)35-19-4-3-6-21-10-15-24(31)16-11-21/h5,7-18,20H,2-4,6,19H2,1H3. The number of aryl methyl sites for hydroxylation is 1. The molecule has 1 aromatic heterocycles. The van der Waals surface area contributed by atoms with Crippen molar-refractivity contribution in [2.24, 2.45) is 0 Å². The van der Waals surface area contributed by atoms with E-state index in [4.69, 9.17) is 13.9 Å². The van der Waals surface area contributed by atoms with Crippen molar-refractivity contribution in [2.45, 2.75) is 26.2 Å². The van der Waals surface area contributed by atoms with E-state index >= 15 is 0 Å². The Morgan fingerprint density at radius 3 is 2.50 bits per heavy atom. The van der Waals surface area contributed by atoms with Gasteiger partial charge in [0.25, 0.3) is 0 Å². The van der Waals surface area contributed by atoms with Crippen molar-refractivity contribution in [3.05, 3.63) is 111 Å². The van der Waals surface area contributed by atoms with Gasteiger partial charge in [0.15, 0.2) is 5.43 Å². The van der Waals surface area contributed by atoms with E-state index in [2.05, 4.69) is 0 Å². The predicted octanol–water partition coefficient (Wildman–Crippen LogP) is 6.68. The van der Waals surface area contributed by atoms with Crippen LogP contribution in [0.4, 0.5) is 4.39 Å². The molecule has 0 bridgehead atoms. The minimum absolute atomic E-state index is 0.116. The molecular weight excluding hydrogens is 459 g/mol. The van der Waals surface area contributed by atoms with E-state index in [9.17, 15) is 14.0 Å². The minimum Gasteiger partial charge on any atom is -0.494 e. The lowest BCUT2D eigenvalue weighted by Gasteiger charge is -2.07. The highest BCUT2D eigenvalue weighted by atomic mass is 19.1. The number of rotatable bonds is 10. The van der Waals surface area contributed by atoms with E-state index in [-0.39, 0.29) is 23.6 Å². The van der Waals surface area contributed by atoms with Crippen LogP contribution in [0.5, 0.6) is 5.75 Å². The highest BCUT2D eigenvalue weighted by molar-refractivity contribution is 5.92. The lowest BCUT2D eigenvalue weighted by Crippen LogP contribution is -2.10. The van der Waals surface area contributed by atoms with E-state index < -0.39 is 5.97 Å². The van der Waals surface area contributed by atoms with Gasteiger partial charge in [-0.15, -0.1) is 0 Å². The normalized spacial score (nSPS) is 11.2. The fourth-order valence-corrected chi connectivity index (χ4v) is 3.77. The van der Waals surface area contributed by atoms with Gasteiger partial charge in [0, 0.05) is 11.6 Å². The molecule has 6 heteroatoms. The van der Waals surface area contributed by atoms with Crippen LogP contribution in [0.2, 0.25) is 0 Å². The molecule has 4 rings (SSSR count). The zero-order chi connectivity index (χ0) is 25.3. The summed E-state index contributed by atoms with van der Waals surface area (Å²) in [4.78, 5) is 24.5. The van der Waals surface area contributed by atoms with Crippen LogP contribution in [0, 0.1) is 5.82 Å². The number of hydrogen-bond acceptors (Lipinski definition) is 5. The average molecular weight is 487 g/mol. The second kappa shape index (κ2) is 12.0. The molecule has 0 aliphatic rings. The van der Waals surface area contributed by atoms with Crippen molar-refractivity contribution in [1.82, 2.24) is 0 Å². The van der Waals surface area contributed by atoms with Crippen molar-refractivity contribution >= 4 is 29.1 Å². The Kier molecular flexibility index (Phi) is 8.29. The zero-order valence-corrected chi connectivity index (χ0v) is 20.0. The van der Waals surface area contributed by atoms with Gasteiger partial charge in [-0.1, -0.05) is 48.6 Å². The number of halogens is 1. The maximum absolute atomic E-state index is 13.0. The first-order valence-electron chi connectivity index (χ1n) is 11.9. The molecule has 0 saturated carbocycles. The third-order valence-electron chi connectivity index (χ3n) is 5.64. The summed E-state index contributed by atoms with van der Waals surface area (Å²) in [5.74, 6) is -0.216. The molecular formula is C30H27FO5. The molecule has 0 radical (unpaired) electrons. The summed E-state index contributed by atoms with van der Waals surface area (Å²) in [6.07, 6.45) is 6.50. The van der Waals surface area contributed by atoms with Gasteiger partial charge < -0.3 is 13.9 Å². The molecule has 1 heterocycles. The summed E-state index contributed by atoms with van der Waals surface area (Å²) in [6.45, 7) is 2.49. The second-order valence-electron chi connectivity index (χ2n) is 8.25. The quantitative estimate of drug-likeness (QED) is 0.142. The van der Waals surface area contributed by atoms with E-state index in [1.807, 2.05) is 54.6 Å². The Bertz CT molecular complexity index is 1400. The minimum atomic E-state index is -0.665. The van der Waals surface area contributed by atoms with Crippen LogP contribution in [-0.4, -0.2) is 19.2 Å². The van der Waals surface area contributed by atoms with Gasteiger partial charge in [0.1, 0.15) is 17.1 Å². The molecule has 0 aliphatic heterocycles. The first-order chi connectivity index (χ1) is 17.5. The summed E-state index contributed by atoms with van der Waals surface area (Å²) in [6, 6.07) is 20.7. The average Bonchev–Trinajstić information content (AvgIpc) is 2.89. The SMILES string of the molecule is CCOC(=O)c1cc(=O)c2cccc(C=Cc3ccc(OCCCCc4ccc(F)cc4)cc3)c2o1. The van der Waals surface area contributed by atoms with E-state index in [0.717, 1.165) is 42.2 Å². The van der Waals surface area contributed by atoms with Crippen molar-refractivity contribution < 1.29 is 23.1 Å². The molecule has 0 fully saturated rings.